The number of pyridine rings is 1. The Morgan fingerprint density at radius 1 is 1.08 bits per heavy atom. The van der Waals surface area contributed by atoms with E-state index in [-0.39, 0.29) is 6.09 Å². The first-order valence-electron chi connectivity index (χ1n) is 9.50. The van der Waals surface area contributed by atoms with E-state index in [2.05, 4.69) is 22.0 Å². The molecule has 5 heteroatoms. The molecule has 1 aromatic rings. The first-order valence-corrected chi connectivity index (χ1v) is 9.50. The van der Waals surface area contributed by atoms with Crippen LogP contribution in [0.4, 0.5) is 10.5 Å². The van der Waals surface area contributed by atoms with Crippen LogP contribution in [-0.2, 0) is 4.74 Å². The topological polar surface area (TPSA) is 45.7 Å². The molecule has 0 saturated carbocycles. The fourth-order valence-corrected chi connectivity index (χ4v) is 3.61. The number of rotatable bonds is 1. The lowest BCUT2D eigenvalue weighted by Gasteiger charge is -2.39. The van der Waals surface area contributed by atoms with Gasteiger partial charge in [-0.1, -0.05) is 13.8 Å². The minimum absolute atomic E-state index is 0.170. The van der Waals surface area contributed by atoms with Gasteiger partial charge in [0.2, 0.25) is 0 Å². The van der Waals surface area contributed by atoms with Crippen molar-refractivity contribution in [1.82, 2.24) is 9.88 Å². The van der Waals surface area contributed by atoms with Crippen LogP contribution in [0.1, 0.15) is 53.9 Å². The van der Waals surface area contributed by atoms with E-state index in [9.17, 15) is 4.79 Å². The zero-order valence-corrected chi connectivity index (χ0v) is 16.4. The average molecular weight is 348 g/mol. The molecular weight excluding hydrogens is 314 g/mol. The molecule has 2 aliphatic heterocycles. The summed E-state index contributed by atoms with van der Waals surface area (Å²) in [6, 6.07) is 4.16. The molecule has 25 heavy (non-hydrogen) atoms. The van der Waals surface area contributed by atoms with Crippen LogP contribution in [0, 0.1) is 5.41 Å². The van der Waals surface area contributed by atoms with Gasteiger partial charge >= 0.3 is 6.09 Å². The maximum absolute atomic E-state index is 12.2. The molecule has 2 saturated heterocycles. The molecule has 1 spiro atoms. The molecule has 0 unspecified atom stereocenters. The largest absolute Gasteiger partial charge is 0.444 e. The second-order valence-corrected chi connectivity index (χ2v) is 7.84. The summed E-state index contributed by atoms with van der Waals surface area (Å²) in [5, 5.41) is 0. The lowest BCUT2D eigenvalue weighted by atomic mass is 9.78. The highest BCUT2D eigenvalue weighted by Crippen LogP contribution is 2.41. The number of aromatic nitrogens is 1. The van der Waals surface area contributed by atoms with Crippen LogP contribution in [0.2, 0.25) is 0 Å². The minimum Gasteiger partial charge on any atom is -0.444 e. The van der Waals surface area contributed by atoms with E-state index in [0.717, 1.165) is 39.0 Å². The van der Waals surface area contributed by atoms with Gasteiger partial charge in [-0.2, -0.15) is 0 Å². The Morgan fingerprint density at radius 2 is 1.64 bits per heavy atom. The van der Waals surface area contributed by atoms with E-state index in [4.69, 9.17) is 4.74 Å². The second-order valence-electron chi connectivity index (χ2n) is 7.84. The van der Waals surface area contributed by atoms with Gasteiger partial charge in [-0.3, -0.25) is 4.98 Å². The molecule has 2 fully saturated rings. The first-order chi connectivity index (χ1) is 11.9. The quantitative estimate of drug-likeness (QED) is 0.758. The molecule has 1 amide bonds. The van der Waals surface area contributed by atoms with E-state index in [0.29, 0.717) is 5.41 Å². The summed E-state index contributed by atoms with van der Waals surface area (Å²) in [4.78, 5) is 20.6. The Hall–Kier alpha value is -1.78. The summed E-state index contributed by atoms with van der Waals surface area (Å²) in [5.41, 5.74) is 1.19. The van der Waals surface area contributed by atoms with Gasteiger partial charge in [0.25, 0.3) is 0 Å². The fourth-order valence-electron chi connectivity index (χ4n) is 3.61. The lowest BCUT2D eigenvalue weighted by Crippen LogP contribution is -2.46. The summed E-state index contributed by atoms with van der Waals surface area (Å²) < 4.78 is 5.49. The van der Waals surface area contributed by atoms with E-state index < -0.39 is 5.60 Å². The number of hydrogen-bond donors (Lipinski definition) is 0. The minimum atomic E-state index is -0.419. The van der Waals surface area contributed by atoms with Crippen LogP contribution < -0.4 is 4.90 Å². The van der Waals surface area contributed by atoms with Gasteiger partial charge in [0, 0.05) is 44.3 Å². The van der Waals surface area contributed by atoms with Gasteiger partial charge < -0.3 is 14.5 Å². The summed E-state index contributed by atoms with van der Waals surface area (Å²) in [6.07, 6.45) is 6.87. The molecule has 2 aliphatic rings. The predicted molar refractivity (Wildman–Crippen MR) is 102 cm³/mol. The third-order valence-electron chi connectivity index (χ3n) is 4.94. The van der Waals surface area contributed by atoms with Crippen molar-refractivity contribution in [3.05, 3.63) is 24.5 Å². The molecule has 3 heterocycles. The Labute approximate surface area is 152 Å². The molecule has 3 rings (SSSR count). The predicted octanol–water partition coefficient (Wildman–Crippen LogP) is 4.34. The van der Waals surface area contributed by atoms with Crippen LogP contribution >= 0.6 is 0 Å². The zero-order chi connectivity index (χ0) is 18.5. The summed E-state index contributed by atoms with van der Waals surface area (Å²) >= 11 is 0. The Bertz CT molecular complexity index is 546. The highest BCUT2D eigenvalue weighted by molar-refractivity contribution is 5.68. The normalized spacial score (nSPS) is 19.4. The van der Waals surface area contributed by atoms with Crippen LogP contribution in [-0.4, -0.2) is 47.8 Å². The summed E-state index contributed by atoms with van der Waals surface area (Å²) in [5.74, 6) is 0. The number of carbonyl (C=O) groups excluding carboxylic acids is 1. The molecule has 0 radical (unpaired) electrons. The van der Waals surface area contributed by atoms with Crippen LogP contribution in [0.15, 0.2) is 24.5 Å². The summed E-state index contributed by atoms with van der Waals surface area (Å²) in [7, 11) is 0. The van der Waals surface area contributed by atoms with Crippen molar-refractivity contribution in [3.63, 3.8) is 0 Å². The molecule has 140 valence electrons. The van der Waals surface area contributed by atoms with Crippen molar-refractivity contribution in [2.24, 2.45) is 5.41 Å². The van der Waals surface area contributed by atoms with Crippen molar-refractivity contribution >= 4 is 11.8 Å². The van der Waals surface area contributed by atoms with Gasteiger partial charge in [0.1, 0.15) is 5.60 Å². The van der Waals surface area contributed by atoms with Crippen LogP contribution in [0.25, 0.3) is 0 Å². The Morgan fingerprint density at radius 3 is 2.20 bits per heavy atom. The van der Waals surface area contributed by atoms with Gasteiger partial charge in [-0.05, 0) is 57.6 Å². The Kier molecular flexibility index (Phi) is 6.31. The molecule has 0 N–H and O–H groups in total. The summed E-state index contributed by atoms with van der Waals surface area (Å²) in [6.45, 7) is 13.5. The van der Waals surface area contributed by atoms with E-state index >= 15 is 0 Å². The Balaban J connectivity index is 0.00000109. The van der Waals surface area contributed by atoms with Crippen molar-refractivity contribution < 1.29 is 9.53 Å². The second kappa shape index (κ2) is 8.07. The van der Waals surface area contributed by atoms with E-state index in [1.807, 2.05) is 51.9 Å². The SMILES string of the molecule is CC.CC(C)(C)OC(=O)N1CCC2(CC1)CCN(c1ccncc1)C2. The van der Waals surface area contributed by atoms with Crippen molar-refractivity contribution in [2.45, 2.75) is 59.5 Å². The molecule has 0 atom stereocenters. The zero-order valence-electron chi connectivity index (χ0n) is 16.4. The van der Waals surface area contributed by atoms with Crippen molar-refractivity contribution in [1.29, 1.82) is 0 Å². The molecule has 1 aromatic heterocycles. The number of hydrogen-bond acceptors (Lipinski definition) is 4. The van der Waals surface area contributed by atoms with Gasteiger partial charge in [-0.25, -0.2) is 4.79 Å². The number of carbonyl (C=O) groups is 1. The maximum atomic E-state index is 12.2. The number of amides is 1. The van der Waals surface area contributed by atoms with Crippen LogP contribution in [0.5, 0.6) is 0 Å². The molecule has 0 bridgehead atoms. The van der Waals surface area contributed by atoms with E-state index in [1.54, 1.807) is 0 Å². The monoisotopic (exact) mass is 347 g/mol. The maximum Gasteiger partial charge on any atom is 0.410 e. The van der Waals surface area contributed by atoms with Gasteiger partial charge in [0.15, 0.2) is 0 Å². The average Bonchev–Trinajstić information content (AvgIpc) is 3.00. The third-order valence-corrected chi connectivity index (χ3v) is 4.94. The smallest absolute Gasteiger partial charge is 0.410 e. The molecule has 0 aromatic carbocycles. The highest BCUT2D eigenvalue weighted by Gasteiger charge is 2.42. The van der Waals surface area contributed by atoms with Crippen molar-refractivity contribution in [3.8, 4) is 0 Å². The van der Waals surface area contributed by atoms with Gasteiger partial charge in [0.05, 0.1) is 0 Å². The number of piperidine rings is 1. The number of ether oxygens (including phenoxy) is 1. The van der Waals surface area contributed by atoms with Crippen molar-refractivity contribution in [2.75, 3.05) is 31.1 Å². The fraction of sp³-hybridized carbons (Fsp3) is 0.700. The lowest BCUT2D eigenvalue weighted by molar-refractivity contribution is 0.0122. The molecule has 5 nitrogen and oxygen atoms in total. The highest BCUT2D eigenvalue weighted by atomic mass is 16.6. The van der Waals surface area contributed by atoms with E-state index in [1.165, 1.54) is 12.1 Å². The van der Waals surface area contributed by atoms with Crippen LogP contribution in [0.3, 0.4) is 0 Å². The molecular formula is C20H33N3O2. The first kappa shape index (κ1) is 19.5. The van der Waals surface area contributed by atoms with Gasteiger partial charge in [-0.15, -0.1) is 0 Å². The number of nitrogens with zero attached hydrogens (tertiary/aromatic N) is 3. The number of likely N-dealkylation sites (tertiary alicyclic amines) is 1. The number of anilines is 1. The molecule has 0 aliphatic carbocycles. The standard InChI is InChI=1S/C18H27N3O2.C2H6/c1-17(2,3)23-16(22)20-11-6-18(7-12-20)8-13-21(14-18)15-4-9-19-10-5-15;1-2/h4-5,9-10H,6-8,11-14H2,1-3H3;1-2H3. The third kappa shape index (κ3) is 5.10.